The molecule has 0 spiro atoms. The number of benzene rings is 2. The fraction of sp³-hybridized carbons (Fsp3) is 0.222. The Kier molecular flexibility index (Phi) is 5.36. The van der Waals surface area contributed by atoms with Crippen molar-refractivity contribution in [1.82, 2.24) is 0 Å². The third-order valence-corrected chi connectivity index (χ3v) is 3.40. The highest BCUT2D eigenvalue weighted by Crippen LogP contribution is 2.17. The molecule has 0 saturated heterocycles. The molecule has 5 heteroatoms. The van der Waals surface area contributed by atoms with Crippen LogP contribution in [0.1, 0.15) is 30.9 Å². The van der Waals surface area contributed by atoms with Crippen molar-refractivity contribution in [2.24, 2.45) is 0 Å². The number of carbonyl (C=O) groups excluding carboxylic acids is 1. The molecular weight excluding hydrogens is 292 g/mol. The third kappa shape index (κ3) is 5.14. The average molecular weight is 312 g/mol. The van der Waals surface area contributed by atoms with E-state index in [1.54, 1.807) is 24.3 Å². The van der Waals surface area contributed by atoms with Gasteiger partial charge in [-0.05, 0) is 41.3 Å². The standard InChI is InChI=1S/C18H20N2O3/c1-12(2)14-5-9-16(10-6-14)20-18(23)19-15-7-3-13(4-8-15)11-17(21)22/h3-10,12H,11H2,1-2H3,(H,21,22)(H2,19,20,23). The van der Waals surface area contributed by atoms with E-state index in [9.17, 15) is 9.59 Å². The molecule has 0 heterocycles. The summed E-state index contributed by atoms with van der Waals surface area (Å²) in [5.74, 6) is -0.435. The van der Waals surface area contributed by atoms with E-state index in [0.29, 0.717) is 17.2 Å². The maximum atomic E-state index is 11.9. The zero-order chi connectivity index (χ0) is 16.8. The van der Waals surface area contributed by atoms with Crippen LogP contribution >= 0.6 is 0 Å². The third-order valence-electron chi connectivity index (χ3n) is 3.40. The molecule has 2 aromatic rings. The molecule has 0 unspecified atom stereocenters. The number of aliphatic carboxylic acids is 1. The zero-order valence-electron chi connectivity index (χ0n) is 13.2. The van der Waals surface area contributed by atoms with Gasteiger partial charge in [-0.3, -0.25) is 4.79 Å². The van der Waals surface area contributed by atoms with Gasteiger partial charge in [-0.25, -0.2) is 4.79 Å². The van der Waals surface area contributed by atoms with Gasteiger partial charge in [-0.2, -0.15) is 0 Å². The number of carboxylic acid groups (broad SMARTS) is 1. The number of hydrogen-bond acceptors (Lipinski definition) is 2. The molecular formula is C18H20N2O3. The number of carboxylic acids is 1. The van der Waals surface area contributed by atoms with E-state index in [4.69, 9.17) is 5.11 Å². The predicted octanol–water partition coefficient (Wildman–Crippen LogP) is 4.08. The van der Waals surface area contributed by atoms with Gasteiger partial charge in [0.05, 0.1) is 6.42 Å². The molecule has 0 aliphatic rings. The summed E-state index contributed by atoms with van der Waals surface area (Å²) < 4.78 is 0. The summed E-state index contributed by atoms with van der Waals surface area (Å²) in [6.07, 6.45) is -0.0331. The fourth-order valence-corrected chi connectivity index (χ4v) is 2.13. The first-order valence-corrected chi connectivity index (χ1v) is 7.43. The normalized spacial score (nSPS) is 10.4. The summed E-state index contributed by atoms with van der Waals surface area (Å²) in [7, 11) is 0. The Morgan fingerprint density at radius 2 is 1.39 bits per heavy atom. The molecule has 0 atom stereocenters. The highest BCUT2D eigenvalue weighted by molar-refractivity contribution is 5.99. The predicted molar refractivity (Wildman–Crippen MR) is 91.0 cm³/mol. The second-order valence-corrected chi connectivity index (χ2v) is 5.62. The number of carbonyl (C=O) groups is 2. The summed E-state index contributed by atoms with van der Waals surface area (Å²) in [4.78, 5) is 22.6. The van der Waals surface area contributed by atoms with Crippen molar-refractivity contribution in [2.75, 3.05) is 10.6 Å². The van der Waals surface area contributed by atoms with Crippen LogP contribution in [0, 0.1) is 0 Å². The first-order chi connectivity index (χ1) is 10.9. The van der Waals surface area contributed by atoms with Gasteiger partial charge in [0, 0.05) is 11.4 Å². The monoisotopic (exact) mass is 312 g/mol. The Labute approximate surface area is 135 Å². The van der Waals surface area contributed by atoms with E-state index in [1.165, 1.54) is 5.56 Å². The highest BCUT2D eigenvalue weighted by Gasteiger charge is 2.05. The summed E-state index contributed by atoms with van der Waals surface area (Å²) in [5, 5.41) is 14.2. The zero-order valence-corrected chi connectivity index (χ0v) is 13.2. The minimum absolute atomic E-state index is 0.0331. The molecule has 2 amide bonds. The second-order valence-electron chi connectivity index (χ2n) is 5.62. The van der Waals surface area contributed by atoms with Gasteiger partial charge in [-0.1, -0.05) is 38.1 Å². The number of hydrogen-bond donors (Lipinski definition) is 3. The highest BCUT2D eigenvalue weighted by atomic mass is 16.4. The lowest BCUT2D eigenvalue weighted by Gasteiger charge is -2.10. The van der Waals surface area contributed by atoms with E-state index in [0.717, 1.165) is 5.69 Å². The van der Waals surface area contributed by atoms with E-state index in [2.05, 4.69) is 24.5 Å². The molecule has 2 rings (SSSR count). The van der Waals surface area contributed by atoms with Crippen LogP contribution in [0.15, 0.2) is 48.5 Å². The molecule has 2 aromatic carbocycles. The molecule has 23 heavy (non-hydrogen) atoms. The number of nitrogens with one attached hydrogen (secondary N) is 2. The van der Waals surface area contributed by atoms with Gasteiger partial charge in [-0.15, -0.1) is 0 Å². The maximum Gasteiger partial charge on any atom is 0.323 e. The Balaban J connectivity index is 1.92. The van der Waals surface area contributed by atoms with Crippen LogP contribution in [-0.4, -0.2) is 17.1 Å². The van der Waals surface area contributed by atoms with Crippen LogP contribution < -0.4 is 10.6 Å². The van der Waals surface area contributed by atoms with Crippen molar-refractivity contribution >= 4 is 23.4 Å². The molecule has 5 nitrogen and oxygen atoms in total. The van der Waals surface area contributed by atoms with Crippen LogP contribution in [-0.2, 0) is 11.2 Å². The Bertz CT molecular complexity index is 676. The number of rotatable bonds is 5. The van der Waals surface area contributed by atoms with E-state index in [1.807, 2.05) is 24.3 Å². The van der Waals surface area contributed by atoms with E-state index >= 15 is 0 Å². The minimum Gasteiger partial charge on any atom is -0.481 e. The first kappa shape index (κ1) is 16.5. The lowest BCUT2D eigenvalue weighted by atomic mass is 10.0. The molecule has 0 aliphatic carbocycles. The molecule has 0 aromatic heterocycles. The number of amides is 2. The van der Waals surface area contributed by atoms with Gasteiger partial charge in [0.15, 0.2) is 0 Å². The van der Waals surface area contributed by atoms with Crippen molar-refractivity contribution in [3.05, 3.63) is 59.7 Å². The van der Waals surface area contributed by atoms with Crippen LogP contribution in [0.2, 0.25) is 0 Å². The molecule has 0 saturated carbocycles. The van der Waals surface area contributed by atoms with Crippen LogP contribution in [0.25, 0.3) is 0 Å². The summed E-state index contributed by atoms with van der Waals surface area (Å²) in [6, 6.07) is 14.1. The first-order valence-electron chi connectivity index (χ1n) is 7.43. The SMILES string of the molecule is CC(C)c1ccc(NC(=O)Nc2ccc(CC(=O)O)cc2)cc1. The van der Waals surface area contributed by atoms with Crippen molar-refractivity contribution in [1.29, 1.82) is 0 Å². The molecule has 0 bridgehead atoms. The lowest BCUT2D eigenvalue weighted by molar-refractivity contribution is -0.136. The Morgan fingerprint density at radius 1 is 0.913 bits per heavy atom. The van der Waals surface area contributed by atoms with E-state index < -0.39 is 5.97 Å². The van der Waals surface area contributed by atoms with Crippen molar-refractivity contribution in [2.45, 2.75) is 26.2 Å². The van der Waals surface area contributed by atoms with Gasteiger partial charge in [0.25, 0.3) is 0 Å². The Morgan fingerprint density at radius 3 is 1.83 bits per heavy atom. The summed E-state index contributed by atoms with van der Waals surface area (Å²) >= 11 is 0. The quantitative estimate of drug-likeness (QED) is 0.778. The molecule has 3 N–H and O–H groups in total. The summed E-state index contributed by atoms with van der Waals surface area (Å²) in [6.45, 7) is 4.23. The van der Waals surface area contributed by atoms with Crippen molar-refractivity contribution in [3.63, 3.8) is 0 Å². The minimum atomic E-state index is -0.881. The van der Waals surface area contributed by atoms with Gasteiger partial charge >= 0.3 is 12.0 Å². The fourth-order valence-electron chi connectivity index (χ4n) is 2.13. The number of urea groups is 1. The smallest absolute Gasteiger partial charge is 0.323 e. The van der Waals surface area contributed by atoms with Crippen LogP contribution in [0.5, 0.6) is 0 Å². The average Bonchev–Trinajstić information content (AvgIpc) is 2.49. The molecule has 0 aliphatic heterocycles. The van der Waals surface area contributed by atoms with E-state index in [-0.39, 0.29) is 12.5 Å². The van der Waals surface area contributed by atoms with Crippen molar-refractivity contribution < 1.29 is 14.7 Å². The number of anilines is 2. The second kappa shape index (κ2) is 7.45. The van der Waals surface area contributed by atoms with Crippen molar-refractivity contribution in [3.8, 4) is 0 Å². The van der Waals surface area contributed by atoms with Crippen LogP contribution in [0.4, 0.5) is 16.2 Å². The topological polar surface area (TPSA) is 78.4 Å². The molecule has 120 valence electrons. The maximum absolute atomic E-state index is 11.9. The largest absolute Gasteiger partial charge is 0.481 e. The summed E-state index contributed by atoms with van der Waals surface area (Å²) in [5.41, 5.74) is 3.22. The van der Waals surface area contributed by atoms with Crippen LogP contribution in [0.3, 0.4) is 0 Å². The lowest BCUT2D eigenvalue weighted by Crippen LogP contribution is -2.19. The van der Waals surface area contributed by atoms with Gasteiger partial charge in [0.1, 0.15) is 0 Å². The van der Waals surface area contributed by atoms with Gasteiger partial charge in [0.2, 0.25) is 0 Å². The molecule has 0 radical (unpaired) electrons. The molecule has 0 fully saturated rings. The Hall–Kier alpha value is -2.82. The van der Waals surface area contributed by atoms with Gasteiger partial charge < -0.3 is 15.7 Å².